The van der Waals surface area contributed by atoms with E-state index in [0.29, 0.717) is 37.8 Å². The third kappa shape index (κ3) is 5.52. The highest BCUT2D eigenvalue weighted by Crippen LogP contribution is 2.38. The number of benzene rings is 3. The maximum absolute atomic E-state index is 13.8. The smallest absolute Gasteiger partial charge is 0.338 e. The molecule has 0 amide bonds. The van der Waals surface area contributed by atoms with Gasteiger partial charge in [0.05, 0.1) is 33.4 Å². The average molecular weight is 600 g/mol. The summed E-state index contributed by atoms with van der Waals surface area (Å²) in [6.45, 7) is 3.99. The normalized spacial score (nSPS) is 15.6. The van der Waals surface area contributed by atoms with Gasteiger partial charge in [0, 0.05) is 12.1 Å². The van der Waals surface area contributed by atoms with Gasteiger partial charge in [0.2, 0.25) is 6.79 Å². The Kier molecular flexibility index (Phi) is 7.51. The van der Waals surface area contributed by atoms with Crippen molar-refractivity contribution in [2.75, 3.05) is 13.4 Å². The fourth-order valence-electron chi connectivity index (χ4n) is 4.88. The highest BCUT2D eigenvalue weighted by Gasteiger charge is 2.34. The molecule has 0 bridgehead atoms. The summed E-state index contributed by atoms with van der Waals surface area (Å²) in [5, 5.41) is 10.8. The van der Waals surface area contributed by atoms with E-state index in [0.717, 1.165) is 11.1 Å². The number of esters is 1. The van der Waals surface area contributed by atoms with Crippen molar-refractivity contribution in [2.24, 2.45) is 4.99 Å². The van der Waals surface area contributed by atoms with E-state index >= 15 is 0 Å². The Labute approximate surface area is 248 Å². The van der Waals surface area contributed by atoms with Crippen molar-refractivity contribution in [1.82, 2.24) is 4.57 Å². The van der Waals surface area contributed by atoms with Gasteiger partial charge < -0.3 is 18.9 Å². The van der Waals surface area contributed by atoms with E-state index < -0.39 is 16.9 Å². The summed E-state index contributed by atoms with van der Waals surface area (Å²) in [5.41, 5.74) is 2.73. The van der Waals surface area contributed by atoms with Gasteiger partial charge in [0.25, 0.3) is 11.2 Å². The largest absolute Gasteiger partial charge is 0.489 e. The number of non-ortho nitro benzene ring substituents is 1. The minimum Gasteiger partial charge on any atom is -0.489 e. The van der Waals surface area contributed by atoms with Gasteiger partial charge in [-0.05, 0) is 73.0 Å². The number of carbonyl (C=O) groups is 1. The number of aromatic nitrogens is 1. The van der Waals surface area contributed by atoms with Crippen LogP contribution in [0.2, 0.25) is 0 Å². The second-order valence-electron chi connectivity index (χ2n) is 9.70. The molecule has 1 aromatic heterocycles. The number of nitrogens with zero attached hydrogens (tertiary/aromatic N) is 3. The molecule has 0 N–H and O–H groups in total. The van der Waals surface area contributed by atoms with Gasteiger partial charge in [0.15, 0.2) is 16.3 Å². The summed E-state index contributed by atoms with van der Waals surface area (Å²) in [6.07, 6.45) is 1.77. The minimum absolute atomic E-state index is 0.0212. The number of nitro benzene ring substituents is 1. The van der Waals surface area contributed by atoms with Crippen LogP contribution in [0.5, 0.6) is 17.2 Å². The van der Waals surface area contributed by atoms with E-state index in [2.05, 4.69) is 4.99 Å². The predicted molar refractivity (Wildman–Crippen MR) is 157 cm³/mol. The van der Waals surface area contributed by atoms with Crippen LogP contribution in [0.1, 0.15) is 36.6 Å². The molecule has 11 nitrogen and oxygen atoms in total. The van der Waals surface area contributed by atoms with E-state index in [4.69, 9.17) is 18.9 Å². The number of allylic oxidation sites excluding steroid dienone is 1. The third-order valence-corrected chi connectivity index (χ3v) is 7.94. The molecule has 0 radical (unpaired) electrons. The van der Waals surface area contributed by atoms with Crippen LogP contribution in [-0.4, -0.2) is 28.9 Å². The number of ether oxygens (including phenoxy) is 4. The number of hydrogen-bond donors (Lipinski definition) is 0. The highest BCUT2D eigenvalue weighted by atomic mass is 32.1. The van der Waals surface area contributed by atoms with Crippen LogP contribution in [0.15, 0.2) is 87.8 Å². The monoisotopic (exact) mass is 599 g/mol. The molecule has 0 aliphatic carbocycles. The Morgan fingerprint density at radius 3 is 2.58 bits per heavy atom. The molecule has 2 aliphatic heterocycles. The number of nitro groups is 1. The van der Waals surface area contributed by atoms with Gasteiger partial charge in [-0.15, -0.1) is 0 Å². The molecule has 43 heavy (non-hydrogen) atoms. The molecule has 2 aliphatic rings. The second kappa shape index (κ2) is 11.6. The van der Waals surface area contributed by atoms with Crippen molar-refractivity contribution >= 4 is 29.1 Å². The Bertz CT molecular complexity index is 1940. The highest BCUT2D eigenvalue weighted by molar-refractivity contribution is 7.07. The zero-order chi connectivity index (χ0) is 30.1. The molecule has 1 unspecified atom stereocenters. The van der Waals surface area contributed by atoms with Crippen molar-refractivity contribution in [3.63, 3.8) is 0 Å². The van der Waals surface area contributed by atoms with Crippen LogP contribution in [0.25, 0.3) is 6.08 Å². The Morgan fingerprint density at radius 2 is 1.86 bits per heavy atom. The summed E-state index contributed by atoms with van der Waals surface area (Å²) < 4.78 is 24.2. The van der Waals surface area contributed by atoms with Gasteiger partial charge in [0.1, 0.15) is 12.4 Å². The first kappa shape index (κ1) is 27.9. The minimum atomic E-state index is -0.762. The molecule has 3 aromatic carbocycles. The maximum Gasteiger partial charge on any atom is 0.338 e. The second-order valence-corrected chi connectivity index (χ2v) is 10.7. The lowest BCUT2D eigenvalue weighted by Crippen LogP contribution is -2.39. The third-order valence-electron chi connectivity index (χ3n) is 6.96. The molecule has 0 saturated carbocycles. The van der Waals surface area contributed by atoms with E-state index in [1.165, 1.54) is 28.0 Å². The number of thiazole rings is 1. The summed E-state index contributed by atoms with van der Waals surface area (Å²) in [7, 11) is 0. The fraction of sp³-hybridized carbons (Fsp3) is 0.194. The molecule has 0 spiro atoms. The van der Waals surface area contributed by atoms with E-state index in [1.54, 1.807) is 56.3 Å². The lowest BCUT2D eigenvalue weighted by molar-refractivity contribution is -0.384. The van der Waals surface area contributed by atoms with Crippen LogP contribution in [0, 0.1) is 10.1 Å². The van der Waals surface area contributed by atoms with E-state index in [9.17, 15) is 19.7 Å². The molecular weight excluding hydrogens is 574 g/mol. The van der Waals surface area contributed by atoms with Crippen molar-refractivity contribution in [3.8, 4) is 17.2 Å². The van der Waals surface area contributed by atoms with Gasteiger partial charge >= 0.3 is 5.97 Å². The van der Waals surface area contributed by atoms with E-state index in [1.807, 2.05) is 18.2 Å². The van der Waals surface area contributed by atoms with Gasteiger partial charge in [-0.1, -0.05) is 29.5 Å². The Hall–Kier alpha value is -5.23. The maximum atomic E-state index is 13.8. The number of fused-ring (bicyclic) bond motifs is 2. The molecular formula is C31H25N3O8S. The fourth-order valence-corrected chi connectivity index (χ4v) is 5.93. The Balaban J connectivity index is 1.31. The van der Waals surface area contributed by atoms with Crippen LogP contribution in [0.3, 0.4) is 0 Å². The Morgan fingerprint density at radius 1 is 1.12 bits per heavy atom. The van der Waals surface area contributed by atoms with Crippen LogP contribution in [-0.2, 0) is 16.1 Å². The number of hydrogen-bond acceptors (Lipinski definition) is 10. The predicted octanol–water partition coefficient (Wildman–Crippen LogP) is 4.01. The summed E-state index contributed by atoms with van der Waals surface area (Å²) in [6, 6.07) is 18.0. The molecule has 0 saturated heterocycles. The molecule has 218 valence electrons. The van der Waals surface area contributed by atoms with Crippen LogP contribution in [0.4, 0.5) is 5.69 Å². The molecule has 3 heterocycles. The van der Waals surface area contributed by atoms with E-state index in [-0.39, 0.29) is 36.8 Å². The van der Waals surface area contributed by atoms with Crippen molar-refractivity contribution in [3.05, 3.63) is 124 Å². The lowest BCUT2D eigenvalue weighted by Gasteiger charge is -2.24. The van der Waals surface area contributed by atoms with Crippen molar-refractivity contribution < 1.29 is 28.7 Å². The SMILES string of the molecule is CCOC(=O)C1=C(C)N=c2sc(=Cc3ccc(OCc4ccc([N+](=O)[O-])cc4)cc3)c(=O)n2C1c1ccc2c(c1)OCO2. The topological polar surface area (TPSA) is 131 Å². The summed E-state index contributed by atoms with van der Waals surface area (Å²) in [5.74, 6) is 1.20. The summed E-state index contributed by atoms with van der Waals surface area (Å²) >= 11 is 1.23. The van der Waals surface area contributed by atoms with Crippen LogP contribution < -0.4 is 29.1 Å². The first-order valence-corrected chi connectivity index (χ1v) is 14.2. The lowest BCUT2D eigenvalue weighted by atomic mass is 9.95. The first-order valence-electron chi connectivity index (χ1n) is 13.4. The summed E-state index contributed by atoms with van der Waals surface area (Å²) in [4.78, 5) is 42.4. The molecule has 12 heteroatoms. The van der Waals surface area contributed by atoms with Crippen molar-refractivity contribution in [2.45, 2.75) is 26.5 Å². The number of rotatable bonds is 8. The molecule has 0 fully saturated rings. The van der Waals surface area contributed by atoms with Gasteiger partial charge in [-0.2, -0.15) is 0 Å². The molecule has 4 aromatic rings. The quantitative estimate of drug-likeness (QED) is 0.169. The molecule has 6 rings (SSSR count). The number of carbonyl (C=O) groups excluding carboxylic acids is 1. The van der Waals surface area contributed by atoms with Gasteiger partial charge in [-0.3, -0.25) is 19.5 Å². The zero-order valence-electron chi connectivity index (χ0n) is 23.1. The van der Waals surface area contributed by atoms with Crippen LogP contribution >= 0.6 is 11.3 Å². The zero-order valence-corrected chi connectivity index (χ0v) is 24.0. The molecule has 1 atom stereocenters. The average Bonchev–Trinajstić information content (AvgIpc) is 3.59. The first-order chi connectivity index (χ1) is 20.8. The standard InChI is InChI=1S/C31H25N3O8S/c1-3-39-30(36)27-18(2)32-31-33(28(27)21-8-13-24-25(15-21)42-17-41-24)29(35)26(43-31)14-19-6-11-23(12-7-19)40-16-20-4-9-22(10-5-20)34(37)38/h4-15,28H,3,16-17H2,1-2H3. The van der Waals surface area contributed by atoms with Crippen molar-refractivity contribution in [1.29, 1.82) is 0 Å². The van der Waals surface area contributed by atoms with Gasteiger partial charge in [-0.25, -0.2) is 9.79 Å².